The molecule has 2 rings (SSSR count). The van der Waals surface area contributed by atoms with Crippen LogP contribution in [0.3, 0.4) is 0 Å². The summed E-state index contributed by atoms with van der Waals surface area (Å²) in [4.78, 5) is 28.8. The zero-order chi connectivity index (χ0) is 13.0. The fourth-order valence-electron chi connectivity index (χ4n) is 1.37. The molecule has 1 aromatic carbocycles. The van der Waals surface area contributed by atoms with Gasteiger partial charge in [0.2, 0.25) is 6.41 Å². The van der Waals surface area contributed by atoms with Crippen molar-refractivity contribution >= 4 is 30.4 Å². The average Bonchev–Trinajstić information content (AvgIpc) is 2.70. The first kappa shape index (κ1) is 11.7. The highest BCUT2D eigenvalue weighted by Gasteiger charge is 2.18. The summed E-state index contributed by atoms with van der Waals surface area (Å²) in [6.07, 6.45) is 3.05. The Kier molecular flexibility index (Phi) is 3.29. The molecule has 0 fully saturated rings. The molecule has 0 aliphatic carbocycles. The van der Waals surface area contributed by atoms with Crippen LogP contribution < -0.4 is 10.4 Å². The van der Waals surface area contributed by atoms with Crippen molar-refractivity contribution in [1.82, 2.24) is 5.32 Å². The molecular weight excluding hydrogens is 234 g/mol. The molecule has 0 saturated carbocycles. The fraction of sp³-hybridized carbons (Fsp3) is 0. The predicted octanol–water partition coefficient (Wildman–Crippen LogP) is -0.143. The first-order chi connectivity index (χ1) is 8.69. The van der Waals surface area contributed by atoms with E-state index in [2.05, 4.69) is 15.3 Å². The molecule has 0 aromatic heterocycles. The molecule has 0 spiro atoms. The highest BCUT2D eigenvalue weighted by Crippen LogP contribution is 2.13. The van der Waals surface area contributed by atoms with Crippen LogP contribution in [0.1, 0.15) is 5.56 Å². The molecule has 0 radical (unpaired) electrons. The van der Waals surface area contributed by atoms with Crippen LogP contribution in [0, 0.1) is 0 Å². The van der Waals surface area contributed by atoms with E-state index in [4.69, 9.17) is 0 Å². The minimum absolute atomic E-state index is 0.102. The van der Waals surface area contributed by atoms with Gasteiger partial charge in [-0.15, -0.1) is 5.75 Å². The normalized spacial score (nSPS) is 17.0. The minimum atomic E-state index is -0.381. The Bertz CT molecular complexity index is 571. The fourth-order valence-corrected chi connectivity index (χ4v) is 1.37. The summed E-state index contributed by atoms with van der Waals surface area (Å²) in [6.45, 7) is 0. The number of nitrogens with one attached hydrogen (secondary N) is 1. The van der Waals surface area contributed by atoms with E-state index < -0.39 is 0 Å². The van der Waals surface area contributed by atoms with Crippen LogP contribution in [-0.2, 0) is 9.59 Å². The van der Waals surface area contributed by atoms with Crippen molar-refractivity contribution in [3.63, 3.8) is 0 Å². The van der Waals surface area contributed by atoms with E-state index in [1.165, 1.54) is 18.2 Å². The topological polar surface area (TPSA) is 93.9 Å². The van der Waals surface area contributed by atoms with Crippen molar-refractivity contribution in [1.29, 1.82) is 0 Å². The van der Waals surface area contributed by atoms with Gasteiger partial charge in [0.1, 0.15) is 5.70 Å². The number of nitrogens with zero attached hydrogens (tertiary/aromatic N) is 2. The summed E-state index contributed by atoms with van der Waals surface area (Å²) >= 11 is 0. The molecule has 90 valence electrons. The van der Waals surface area contributed by atoms with Gasteiger partial charge in [-0.1, -0.05) is 24.3 Å². The third-order valence-electron chi connectivity index (χ3n) is 2.16. The van der Waals surface area contributed by atoms with Crippen LogP contribution in [0.5, 0.6) is 5.75 Å². The SMILES string of the molecule is O=CN=CC1=N/C(=C/c2ccc([O-])cc2)C(=O)N1. The van der Waals surface area contributed by atoms with Crippen molar-refractivity contribution in [2.24, 2.45) is 9.98 Å². The van der Waals surface area contributed by atoms with E-state index in [1.807, 2.05) is 0 Å². The molecule has 0 saturated heterocycles. The molecule has 1 N–H and O–H groups in total. The van der Waals surface area contributed by atoms with Crippen LogP contribution in [0.4, 0.5) is 0 Å². The third kappa shape index (κ3) is 2.67. The van der Waals surface area contributed by atoms with Gasteiger partial charge in [0, 0.05) is 0 Å². The first-order valence-corrected chi connectivity index (χ1v) is 5.04. The summed E-state index contributed by atoms with van der Waals surface area (Å²) in [5, 5.41) is 13.4. The van der Waals surface area contributed by atoms with Gasteiger partial charge in [-0.25, -0.2) is 9.98 Å². The van der Waals surface area contributed by atoms with Crippen LogP contribution in [0.25, 0.3) is 6.08 Å². The second-order valence-electron chi connectivity index (χ2n) is 3.43. The lowest BCUT2D eigenvalue weighted by atomic mass is 10.2. The molecule has 18 heavy (non-hydrogen) atoms. The number of rotatable bonds is 3. The van der Waals surface area contributed by atoms with Crippen LogP contribution in [-0.4, -0.2) is 24.4 Å². The third-order valence-corrected chi connectivity index (χ3v) is 2.16. The minimum Gasteiger partial charge on any atom is -0.872 e. The molecule has 6 nitrogen and oxygen atoms in total. The summed E-state index contributed by atoms with van der Waals surface area (Å²) in [7, 11) is 0. The molecule has 2 amide bonds. The van der Waals surface area contributed by atoms with Gasteiger partial charge in [0.05, 0.1) is 6.21 Å². The molecule has 6 heteroatoms. The second kappa shape index (κ2) is 5.05. The number of carbonyl (C=O) groups is 2. The van der Waals surface area contributed by atoms with E-state index in [-0.39, 0.29) is 23.2 Å². The van der Waals surface area contributed by atoms with E-state index in [1.54, 1.807) is 12.1 Å². The van der Waals surface area contributed by atoms with E-state index in [0.717, 1.165) is 6.21 Å². The Labute approximate surface area is 102 Å². The average molecular weight is 242 g/mol. The maximum Gasteiger partial charge on any atom is 0.275 e. The zero-order valence-electron chi connectivity index (χ0n) is 9.16. The van der Waals surface area contributed by atoms with Crippen molar-refractivity contribution in [3.8, 4) is 5.75 Å². The summed E-state index contributed by atoms with van der Waals surface area (Å²) in [5.41, 5.74) is 0.887. The first-order valence-electron chi connectivity index (χ1n) is 5.04. The van der Waals surface area contributed by atoms with E-state index in [0.29, 0.717) is 12.0 Å². The van der Waals surface area contributed by atoms with Crippen molar-refractivity contribution in [2.45, 2.75) is 0 Å². The molecule has 1 aliphatic rings. The molecular formula is C12H8N3O3-. The number of benzene rings is 1. The van der Waals surface area contributed by atoms with E-state index in [9.17, 15) is 14.7 Å². The number of carbonyl (C=O) groups excluding carboxylic acids is 2. The number of amidine groups is 1. The predicted molar refractivity (Wildman–Crippen MR) is 64.0 cm³/mol. The summed E-state index contributed by atoms with van der Waals surface area (Å²) in [6, 6.07) is 5.99. The Morgan fingerprint density at radius 3 is 2.67 bits per heavy atom. The monoisotopic (exact) mass is 242 g/mol. The van der Waals surface area contributed by atoms with Crippen molar-refractivity contribution < 1.29 is 14.7 Å². The lowest BCUT2D eigenvalue weighted by Crippen LogP contribution is -2.24. The second-order valence-corrected chi connectivity index (χ2v) is 3.43. The van der Waals surface area contributed by atoms with Gasteiger partial charge in [-0.05, 0) is 11.6 Å². The quantitative estimate of drug-likeness (QED) is 0.454. The molecule has 0 atom stereocenters. The lowest BCUT2D eigenvalue weighted by Gasteiger charge is -2.03. The summed E-state index contributed by atoms with van der Waals surface area (Å²) in [5.74, 6) is -0.275. The molecule has 0 unspecified atom stereocenters. The highest BCUT2D eigenvalue weighted by atomic mass is 16.3. The Morgan fingerprint density at radius 1 is 1.28 bits per heavy atom. The van der Waals surface area contributed by atoms with Gasteiger partial charge in [-0.2, -0.15) is 0 Å². The molecule has 1 aromatic rings. The maximum atomic E-state index is 11.5. The van der Waals surface area contributed by atoms with Crippen LogP contribution >= 0.6 is 0 Å². The smallest absolute Gasteiger partial charge is 0.275 e. The van der Waals surface area contributed by atoms with Crippen molar-refractivity contribution in [2.75, 3.05) is 0 Å². The number of amides is 2. The molecule has 1 heterocycles. The number of hydrogen-bond acceptors (Lipinski definition) is 4. The van der Waals surface area contributed by atoms with Gasteiger partial charge in [-0.3, -0.25) is 9.59 Å². The lowest BCUT2D eigenvalue weighted by molar-refractivity contribution is -0.268. The van der Waals surface area contributed by atoms with Gasteiger partial charge < -0.3 is 10.4 Å². The Morgan fingerprint density at radius 2 is 2.00 bits per heavy atom. The standard InChI is InChI=1S/C12H9N3O3/c16-7-13-6-11-14-10(12(18)15-11)5-8-1-3-9(17)4-2-8/h1-7,17H,(H,14,15,18)/p-1/b10-5+,13-6?. The van der Waals surface area contributed by atoms with Gasteiger partial charge >= 0.3 is 0 Å². The van der Waals surface area contributed by atoms with Crippen LogP contribution in [0.15, 0.2) is 39.9 Å². The number of hydrogen-bond donors (Lipinski definition) is 1. The van der Waals surface area contributed by atoms with Gasteiger partial charge in [0.25, 0.3) is 5.91 Å². The maximum absolute atomic E-state index is 11.5. The van der Waals surface area contributed by atoms with E-state index >= 15 is 0 Å². The highest BCUT2D eigenvalue weighted by molar-refractivity contribution is 6.38. The van der Waals surface area contributed by atoms with Crippen molar-refractivity contribution in [3.05, 3.63) is 35.5 Å². The zero-order valence-corrected chi connectivity index (χ0v) is 9.16. The summed E-state index contributed by atoms with van der Waals surface area (Å²) < 4.78 is 0. The molecule has 1 aliphatic heterocycles. The molecule has 0 bridgehead atoms. The largest absolute Gasteiger partial charge is 0.872 e. The number of aliphatic imine (C=N–C) groups is 2. The Balaban J connectivity index is 2.25. The van der Waals surface area contributed by atoms with Crippen LogP contribution in [0.2, 0.25) is 0 Å². The van der Waals surface area contributed by atoms with Gasteiger partial charge in [0.15, 0.2) is 5.84 Å². The Hall–Kier alpha value is -2.76.